The van der Waals surface area contributed by atoms with Gasteiger partial charge in [0.15, 0.2) is 8.07 Å². The number of fused-ring (bicyclic) bond motifs is 6. The van der Waals surface area contributed by atoms with E-state index in [0.717, 1.165) is 0 Å². The second kappa shape index (κ2) is 13.8. The second-order valence-corrected chi connectivity index (χ2v) is 19.7. The van der Waals surface area contributed by atoms with Crippen LogP contribution in [-0.4, -0.2) is 12.6 Å². The van der Waals surface area contributed by atoms with E-state index in [1.807, 2.05) is 11.3 Å². The van der Waals surface area contributed by atoms with E-state index in [1.165, 1.54) is 90.7 Å². The maximum Gasteiger partial charge on any atom is 0.179 e. The van der Waals surface area contributed by atoms with Crippen molar-refractivity contribution >= 4 is 82.1 Å². The van der Waals surface area contributed by atoms with Gasteiger partial charge in [-0.25, -0.2) is 0 Å². The topological polar surface area (TPSA) is 4.93 Å². The summed E-state index contributed by atoms with van der Waals surface area (Å²) in [4.78, 5) is 0. The molecule has 2 aromatic heterocycles. The van der Waals surface area contributed by atoms with Crippen LogP contribution in [0.25, 0.3) is 69.9 Å². The van der Waals surface area contributed by atoms with Crippen molar-refractivity contribution in [3.05, 3.63) is 224 Å². The van der Waals surface area contributed by atoms with Crippen LogP contribution in [0.15, 0.2) is 224 Å². The number of thiophene rings is 1. The molecule has 0 unspecified atom stereocenters. The van der Waals surface area contributed by atoms with E-state index in [2.05, 4.69) is 229 Å². The number of hydrogen-bond acceptors (Lipinski definition) is 1. The Hall–Kier alpha value is -6.78. The molecule has 0 N–H and O–H groups in total. The third-order valence-corrected chi connectivity index (χ3v) is 17.6. The number of benzene rings is 9. The van der Waals surface area contributed by atoms with Crippen molar-refractivity contribution in [2.24, 2.45) is 0 Å². The Kier molecular flexibility index (Phi) is 8.09. The number of para-hydroxylation sites is 1. The molecule has 2 heterocycles. The first-order valence-electron chi connectivity index (χ1n) is 19.6. The number of nitrogens with zero attached hydrogens (tertiary/aromatic N) is 1. The standard InChI is InChI=1S/C54H37NSSi/c1-6-20-38(21-7-1)46-34-43(57(40-24-10-3-11-25-40,41-26-12-4-13-27-41)42-28-14-5-15-29-42)35-47(39-22-8-2-9-23-39)54(46)55-50-32-18-16-30-44(50)48-37-53-49(36-51(48)55)45-31-17-19-33-52(45)56-53/h1-37H. The van der Waals surface area contributed by atoms with Gasteiger partial charge in [-0.1, -0.05) is 200 Å². The Labute approximate surface area is 337 Å². The summed E-state index contributed by atoms with van der Waals surface area (Å²) in [6.45, 7) is 0. The second-order valence-electron chi connectivity index (χ2n) is 14.8. The van der Waals surface area contributed by atoms with Gasteiger partial charge in [0.05, 0.1) is 16.7 Å². The van der Waals surface area contributed by atoms with Crippen LogP contribution in [0, 0.1) is 0 Å². The summed E-state index contributed by atoms with van der Waals surface area (Å²) in [5.74, 6) is 0. The highest BCUT2D eigenvalue weighted by molar-refractivity contribution is 7.26. The monoisotopic (exact) mass is 759 g/mol. The highest BCUT2D eigenvalue weighted by atomic mass is 32.1. The molecule has 0 amide bonds. The first-order chi connectivity index (χ1) is 28.3. The number of hydrogen-bond donors (Lipinski definition) is 0. The van der Waals surface area contributed by atoms with Crippen molar-refractivity contribution in [2.45, 2.75) is 0 Å². The molecule has 57 heavy (non-hydrogen) atoms. The Morgan fingerprint density at radius 2 is 0.772 bits per heavy atom. The Morgan fingerprint density at radius 1 is 0.316 bits per heavy atom. The molecule has 0 aliphatic rings. The van der Waals surface area contributed by atoms with Crippen LogP contribution >= 0.6 is 11.3 Å². The molecule has 0 saturated heterocycles. The Morgan fingerprint density at radius 3 is 1.32 bits per heavy atom. The molecule has 9 aromatic carbocycles. The van der Waals surface area contributed by atoms with E-state index in [-0.39, 0.29) is 0 Å². The summed E-state index contributed by atoms with van der Waals surface area (Å²) in [5.41, 5.74) is 8.42. The van der Waals surface area contributed by atoms with Crippen molar-refractivity contribution in [3.63, 3.8) is 0 Å². The fourth-order valence-corrected chi connectivity index (χ4v) is 15.2. The SMILES string of the molecule is c1ccc(-c2cc([Si](c3ccccc3)(c3ccccc3)c3ccccc3)cc(-c3ccccc3)c2-n2c3ccccc3c3cc4sc5ccccc5c4cc32)cc1. The average Bonchev–Trinajstić information content (AvgIpc) is 3.82. The lowest BCUT2D eigenvalue weighted by Gasteiger charge is -2.36. The molecule has 0 radical (unpaired) electrons. The van der Waals surface area contributed by atoms with Gasteiger partial charge in [-0.15, -0.1) is 11.3 Å². The van der Waals surface area contributed by atoms with Gasteiger partial charge in [-0.3, -0.25) is 0 Å². The van der Waals surface area contributed by atoms with Gasteiger partial charge in [-0.05, 0) is 56.1 Å². The molecule has 0 atom stereocenters. The molecule has 1 nitrogen and oxygen atoms in total. The molecular weight excluding hydrogens is 723 g/mol. The third kappa shape index (κ3) is 5.35. The Balaban J connectivity index is 1.35. The van der Waals surface area contributed by atoms with Crippen LogP contribution in [0.2, 0.25) is 0 Å². The first-order valence-corrected chi connectivity index (χ1v) is 22.4. The quantitative estimate of drug-likeness (QED) is 0.113. The van der Waals surface area contributed by atoms with E-state index < -0.39 is 8.07 Å². The zero-order valence-electron chi connectivity index (χ0n) is 31.2. The summed E-state index contributed by atoms with van der Waals surface area (Å²) in [6.07, 6.45) is 0. The van der Waals surface area contributed by atoms with Crippen LogP contribution in [0.4, 0.5) is 0 Å². The molecule has 268 valence electrons. The number of rotatable bonds is 7. The number of aromatic nitrogens is 1. The Bertz CT molecular complexity index is 3050. The minimum atomic E-state index is -2.91. The lowest BCUT2D eigenvalue weighted by molar-refractivity contribution is 1.19. The molecule has 0 fully saturated rings. The minimum Gasteiger partial charge on any atom is -0.308 e. The summed E-state index contributed by atoms with van der Waals surface area (Å²) < 4.78 is 5.21. The molecule has 0 aliphatic heterocycles. The molecule has 11 rings (SSSR count). The molecule has 0 spiro atoms. The summed E-state index contributed by atoms with van der Waals surface area (Å²) in [5, 5.41) is 10.6. The van der Waals surface area contributed by atoms with Crippen LogP contribution in [0.3, 0.4) is 0 Å². The van der Waals surface area contributed by atoms with Crippen LogP contribution < -0.4 is 20.7 Å². The fourth-order valence-electron chi connectivity index (χ4n) is 9.26. The van der Waals surface area contributed by atoms with E-state index >= 15 is 0 Å². The van der Waals surface area contributed by atoms with Gasteiger partial charge in [0, 0.05) is 42.1 Å². The molecule has 3 heteroatoms. The van der Waals surface area contributed by atoms with E-state index in [9.17, 15) is 0 Å². The average molecular weight is 760 g/mol. The normalized spacial score (nSPS) is 11.9. The molecule has 0 bridgehead atoms. The molecule has 0 saturated carbocycles. The molecular formula is C54H37NSSi. The van der Waals surface area contributed by atoms with Crippen LogP contribution in [0.5, 0.6) is 0 Å². The fraction of sp³-hybridized carbons (Fsp3) is 0. The predicted molar refractivity (Wildman–Crippen MR) is 248 cm³/mol. The third-order valence-electron chi connectivity index (χ3n) is 11.7. The van der Waals surface area contributed by atoms with Gasteiger partial charge >= 0.3 is 0 Å². The molecule has 11 aromatic rings. The summed E-state index contributed by atoms with van der Waals surface area (Å²) >= 11 is 1.88. The van der Waals surface area contributed by atoms with Gasteiger partial charge in [0.25, 0.3) is 0 Å². The van der Waals surface area contributed by atoms with E-state index in [4.69, 9.17) is 0 Å². The van der Waals surface area contributed by atoms with Crippen molar-refractivity contribution in [3.8, 4) is 27.9 Å². The zero-order chi connectivity index (χ0) is 37.8. The minimum absolute atomic E-state index is 1.19. The highest BCUT2D eigenvalue weighted by Crippen LogP contribution is 2.44. The van der Waals surface area contributed by atoms with Crippen molar-refractivity contribution in [1.29, 1.82) is 0 Å². The lowest BCUT2D eigenvalue weighted by atomic mass is 9.95. The predicted octanol–water partition coefficient (Wildman–Crippen LogP) is 11.9. The van der Waals surface area contributed by atoms with Gasteiger partial charge in [0.1, 0.15) is 0 Å². The van der Waals surface area contributed by atoms with Crippen molar-refractivity contribution in [2.75, 3.05) is 0 Å². The van der Waals surface area contributed by atoms with Gasteiger partial charge in [-0.2, -0.15) is 0 Å². The zero-order valence-corrected chi connectivity index (χ0v) is 33.0. The summed E-state index contributed by atoms with van der Waals surface area (Å²) in [7, 11) is -2.91. The van der Waals surface area contributed by atoms with Crippen molar-refractivity contribution < 1.29 is 0 Å². The largest absolute Gasteiger partial charge is 0.308 e. The van der Waals surface area contributed by atoms with Gasteiger partial charge < -0.3 is 4.57 Å². The summed E-state index contributed by atoms with van der Waals surface area (Å²) in [6, 6.07) is 83.7. The smallest absolute Gasteiger partial charge is 0.179 e. The van der Waals surface area contributed by atoms with E-state index in [1.54, 1.807) is 0 Å². The van der Waals surface area contributed by atoms with Gasteiger partial charge in [0.2, 0.25) is 0 Å². The van der Waals surface area contributed by atoms with E-state index in [0.29, 0.717) is 0 Å². The van der Waals surface area contributed by atoms with Crippen LogP contribution in [-0.2, 0) is 0 Å². The maximum atomic E-state index is 2.57. The highest BCUT2D eigenvalue weighted by Gasteiger charge is 2.42. The lowest BCUT2D eigenvalue weighted by Crippen LogP contribution is -2.74. The first kappa shape index (κ1) is 33.5. The van der Waals surface area contributed by atoms with Crippen LogP contribution in [0.1, 0.15) is 0 Å². The maximum absolute atomic E-state index is 2.91. The molecule has 0 aliphatic carbocycles. The van der Waals surface area contributed by atoms with Crippen molar-refractivity contribution in [1.82, 2.24) is 4.57 Å².